The molecule has 4 nitrogen and oxygen atoms in total. The Bertz CT molecular complexity index is 728. The van der Waals surface area contributed by atoms with Crippen LogP contribution in [0, 0.1) is 11.5 Å². The molecule has 0 heterocycles. The zero-order valence-corrected chi connectivity index (χ0v) is 16.5. The lowest BCUT2D eigenvalue weighted by molar-refractivity contribution is -0.148. The van der Waals surface area contributed by atoms with Gasteiger partial charge >= 0.3 is 5.97 Å². The number of hydrogen-bond acceptors (Lipinski definition) is 3. The summed E-state index contributed by atoms with van der Waals surface area (Å²) in [5.41, 5.74) is 5.44. The molecule has 0 fully saturated rings. The van der Waals surface area contributed by atoms with Crippen molar-refractivity contribution in [2.45, 2.75) is 38.5 Å². The van der Waals surface area contributed by atoms with Crippen LogP contribution in [0.15, 0.2) is 48.2 Å². The lowest BCUT2D eigenvalue weighted by Gasteiger charge is -2.27. The van der Waals surface area contributed by atoms with Crippen molar-refractivity contribution in [2.24, 2.45) is 0 Å². The Hall–Kier alpha value is -2.54. The predicted molar refractivity (Wildman–Crippen MR) is 102 cm³/mol. The van der Waals surface area contributed by atoms with Crippen molar-refractivity contribution >= 4 is 20.0 Å². The summed E-state index contributed by atoms with van der Waals surface area (Å²) in [5, 5.41) is 2.73. The first-order valence-corrected chi connectivity index (χ1v) is 11.6. The van der Waals surface area contributed by atoms with E-state index < -0.39 is 25.5 Å². The number of nitrogens with one attached hydrogen (secondary N) is 1. The number of methoxy groups -OCH3 is 1. The standard InChI is InChI=1S/C20H25NO3Si/c1-6-7-14-20(19(23)24-2,16-17-11-9-8-10-12-17)21-18(22)13-15-25(3,4)5/h6,8-12,14H,16H2,1-5H3,(H,21,22). The zero-order valence-electron chi connectivity index (χ0n) is 15.5. The summed E-state index contributed by atoms with van der Waals surface area (Å²) in [6, 6.07) is 9.43. The van der Waals surface area contributed by atoms with Crippen LogP contribution >= 0.6 is 0 Å². The van der Waals surface area contributed by atoms with Crippen LogP contribution in [0.3, 0.4) is 0 Å². The molecule has 0 radical (unpaired) electrons. The van der Waals surface area contributed by atoms with Gasteiger partial charge in [-0.2, -0.15) is 0 Å². The van der Waals surface area contributed by atoms with Gasteiger partial charge < -0.3 is 10.1 Å². The second-order valence-corrected chi connectivity index (χ2v) is 11.4. The van der Waals surface area contributed by atoms with Crippen molar-refractivity contribution in [1.29, 1.82) is 0 Å². The van der Waals surface area contributed by atoms with Gasteiger partial charge in [-0.3, -0.25) is 4.79 Å². The van der Waals surface area contributed by atoms with E-state index in [2.05, 4.69) is 22.5 Å². The maximum absolute atomic E-state index is 12.5. The van der Waals surface area contributed by atoms with Crippen molar-refractivity contribution < 1.29 is 14.3 Å². The monoisotopic (exact) mass is 355 g/mol. The van der Waals surface area contributed by atoms with Crippen molar-refractivity contribution in [1.82, 2.24) is 5.32 Å². The number of esters is 1. The molecule has 0 aliphatic rings. The van der Waals surface area contributed by atoms with Crippen molar-refractivity contribution in [3.8, 4) is 11.5 Å². The minimum absolute atomic E-state index is 0.252. The molecule has 1 atom stereocenters. The Balaban J connectivity index is 3.28. The molecule has 0 aliphatic carbocycles. The van der Waals surface area contributed by atoms with E-state index in [1.165, 1.54) is 13.2 Å². The molecule has 25 heavy (non-hydrogen) atoms. The molecule has 0 bridgehead atoms. The first kappa shape index (κ1) is 20.5. The number of rotatable bonds is 5. The van der Waals surface area contributed by atoms with Crippen molar-refractivity contribution in [3.05, 3.63) is 53.8 Å². The molecule has 0 saturated heterocycles. The highest BCUT2D eigenvalue weighted by molar-refractivity contribution is 6.84. The molecule has 1 unspecified atom stereocenters. The SMILES string of the molecule is CC=C=CC(Cc1ccccc1)(NC(=O)C#C[Si](C)(C)C)C(=O)OC. The first-order valence-electron chi connectivity index (χ1n) is 8.08. The Morgan fingerprint density at radius 3 is 2.40 bits per heavy atom. The van der Waals surface area contributed by atoms with Crippen LogP contribution in [0.5, 0.6) is 0 Å². The Morgan fingerprint density at radius 2 is 1.88 bits per heavy atom. The van der Waals surface area contributed by atoms with Crippen LogP contribution < -0.4 is 5.32 Å². The van der Waals surface area contributed by atoms with E-state index in [0.717, 1.165) is 5.56 Å². The summed E-state index contributed by atoms with van der Waals surface area (Å²) in [5.74, 6) is 1.55. The Kier molecular flexibility index (Phi) is 7.44. The van der Waals surface area contributed by atoms with Gasteiger partial charge in [-0.15, -0.1) is 11.3 Å². The minimum atomic E-state index is -1.70. The van der Waals surface area contributed by atoms with E-state index in [1.807, 2.05) is 50.0 Å². The van der Waals surface area contributed by atoms with Crippen LogP contribution in [-0.4, -0.2) is 32.6 Å². The third-order valence-electron chi connectivity index (χ3n) is 3.26. The topological polar surface area (TPSA) is 55.4 Å². The lowest BCUT2D eigenvalue weighted by Crippen LogP contribution is -2.55. The molecule has 0 saturated carbocycles. The van der Waals surface area contributed by atoms with Crippen molar-refractivity contribution in [3.63, 3.8) is 0 Å². The van der Waals surface area contributed by atoms with Crippen LogP contribution in [0.25, 0.3) is 0 Å². The maximum atomic E-state index is 12.5. The lowest BCUT2D eigenvalue weighted by atomic mass is 9.90. The normalized spacial score (nSPS) is 12.5. The average Bonchev–Trinajstić information content (AvgIpc) is 2.57. The van der Waals surface area contributed by atoms with Crippen molar-refractivity contribution in [2.75, 3.05) is 7.11 Å². The fraction of sp³-hybridized carbons (Fsp3) is 0.350. The minimum Gasteiger partial charge on any atom is -0.467 e. The number of amides is 1. The summed E-state index contributed by atoms with van der Waals surface area (Å²) in [4.78, 5) is 24.9. The van der Waals surface area contributed by atoms with Gasteiger partial charge in [-0.25, -0.2) is 4.79 Å². The number of benzene rings is 1. The van der Waals surface area contributed by atoms with E-state index in [1.54, 1.807) is 13.0 Å². The molecule has 0 aromatic heterocycles. The summed E-state index contributed by atoms with van der Waals surface area (Å²) in [6.45, 7) is 7.92. The molecule has 1 amide bonds. The van der Waals surface area contributed by atoms with E-state index in [-0.39, 0.29) is 6.42 Å². The number of carbonyl (C=O) groups is 2. The zero-order chi connectivity index (χ0) is 18.9. The number of hydrogen-bond donors (Lipinski definition) is 1. The van der Waals surface area contributed by atoms with Gasteiger partial charge in [-0.1, -0.05) is 50.0 Å². The molecule has 1 rings (SSSR count). The van der Waals surface area contributed by atoms with Gasteiger partial charge in [0.05, 0.1) is 7.11 Å². The molecule has 132 valence electrons. The van der Waals surface area contributed by atoms with Crippen LogP contribution in [0.4, 0.5) is 0 Å². The molecule has 0 spiro atoms. The highest BCUT2D eigenvalue weighted by Gasteiger charge is 2.39. The molecule has 1 aromatic rings. The molecular weight excluding hydrogens is 330 g/mol. The molecule has 5 heteroatoms. The predicted octanol–water partition coefficient (Wildman–Crippen LogP) is 2.87. The average molecular weight is 356 g/mol. The summed E-state index contributed by atoms with van der Waals surface area (Å²) < 4.78 is 4.95. The number of carbonyl (C=O) groups excluding carboxylic acids is 2. The molecule has 0 aliphatic heterocycles. The largest absolute Gasteiger partial charge is 0.467 e. The molecule has 1 N–H and O–H groups in total. The van der Waals surface area contributed by atoms with Gasteiger partial charge in [-0.05, 0) is 30.6 Å². The number of ether oxygens (including phenoxy) is 1. The van der Waals surface area contributed by atoms with E-state index >= 15 is 0 Å². The third kappa shape index (κ3) is 6.84. The molecular formula is C20H25NO3Si. The smallest absolute Gasteiger partial charge is 0.336 e. The van der Waals surface area contributed by atoms with E-state index in [9.17, 15) is 9.59 Å². The van der Waals surface area contributed by atoms with Gasteiger partial charge in [0.15, 0.2) is 5.54 Å². The quantitative estimate of drug-likeness (QED) is 0.382. The third-order valence-corrected chi connectivity index (χ3v) is 4.13. The van der Waals surface area contributed by atoms with Crippen LogP contribution in [0.1, 0.15) is 12.5 Å². The summed E-state index contributed by atoms with van der Waals surface area (Å²) in [7, 11) is -0.403. The van der Waals surface area contributed by atoms with Gasteiger partial charge in [0.1, 0.15) is 8.07 Å². The van der Waals surface area contributed by atoms with E-state index in [4.69, 9.17) is 4.74 Å². The summed E-state index contributed by atoms with van der Waals surface area (Å²) >= 11 is 0. The second kappa shape index (κ2) is 9.07. The fourth-order valence-electron chi connectivity index (χ4n) is 2.12. The second-order valence-electron chi connectivity index (χ2n) is 6.68. The molecule has 1 aromatic carbocycles. The van der Waals surface area contributed by atoms with Gasteiger partial charge in [0.2, 0.25) is 0 Å². The maximum Gasteiger partial charge on any atom is 0.336 e. The van der Waals surface area contributed by atoms with E-state index in [0.29, 0.717) is 0 Å². The fourth-order valence-corrected chi connectivity index (χ4v) is 2.61. The van der Waals surface area contributed by atoms with Crippen LogP contribution in [0.2, 0.25) is 19.6 Å². The Labute approximate surface area is 151 Å². The van der Waals surface area contributed by atoms with Crippen LogP contribution in [-0.2, 0) is 20.7 Å². The summed E-state index contributed by atoms with van der Waals surface area (Å²) in [6.07, 6.45) is 3.45. The first-order chi connectivity index (χ1) is 11.7. The van der Waals surface area contributed by atoms with Gasteiger partial charge in [0.25, 0.3) is 5.91 Å². The Morgan fingerprint density at radius 1 is 1.24 bits per heavy atom. The highest BCUT2D eigenvalue weighted by atomic mass is 28.3. The van der Waals surface area contributed by atoms with Gasteiger partial charge in [0, 0.05) is 6.42 Å². The highest BCUT2D eigenvalue weighted by Crippen LogP contribution is 2.17.